The summed E-state index contributed by atoms with van der Waals surface area (Å²) in [5, 5.41) is 9.61. The van der Waals surface area contributed by atoms with E-state index in [1.807, 2.05) is 24.3 Å². The summed E-state index contributed by atoms with van der Waals surface area (Å²) in [4.78, 5) is 37.9. The average Bonchev–Trinajstić information content (AvgIpc) is 3.44. The number of carbonyl (C=O) groups excluding carboxylic acids is 2. The summed E-state index contributed by atoms with van der Waals surface area (Å²) in [5.74, 6) is -0.273. The van der Waals surface area contributed by atoms with Crippen molar-refractivity contribution in [2.45, 2.75) is 18.3 Å². The van der Waals surface area contributed by atoms with Crippen molar-refractivity contribution in [1.29, 1.82) is 0 Å². The molecule has 2 fully saturated rings. The van der Waals surface area contributed by atoms with E-state index in [-0.39, 0.29) is 17.2 Å². The highest BCUT2D eigenvalue weighted by Gasteiger charge is 2.42. The molecule has 2 amide bonds. The summed E-state index contributed by atoms with van der Waals surface area (Å²) in [5.41, 5.74) is 6.93. The van der Waals surface area contributed by atoms with Crippen molar-refractivity contribution in [3.8, 4) is 22.5 Å². The van der Waals surface area contributed by atoms with Crippen LogP contribution in [0.25, 0.3) is 22.5 Å². The molecule has 9 heteroatoms. The third kappa shape index (κ3) is 4.84. The van der Waals surface area contributed by atoms with Crippen LogP contribution in [-0.2, 0) is 10.2 Å². The molecular weight excluding hydrogens is 490 g/mol. The van der Waals surface area contributed by atoms with Crippen molar-refractivity contribution in [2.24, 2.45) is 0 Å². The monoisotopic (exact) mass is 525 g/mol. The molecule has 2 saturated heterocycles. The molecule has 202 valence electrons. The number of benzene rings is 1. The molecule has 5 heterocycles. The Morgan fingerprint density at radius 2 is 1.95 bits per heavy atom. The summed E-state index contributed by atoms with van der Waals surface area (Å²) in [6.07, 6.45) is 5.20. The normalized spacial score (nSPS) is 21.4. The van der Waals surface area contributed by atoms with E-state index in [0.717, 1.165) is 97.3 Å². The molecule has 2 aromatic heterocycles. The predicted molar refractivity (Wildman–Crippen MR) is 154 cm³/mol. The number of piperidine rings is 1. The second-order valence-corrected chi connectivity index (χ2v) is 10.9. The maximum atomic E-state index is 12.8. The van der Waals surface area contributed by atoms with Crippen molar-refractivity contribution >= 4 is 23.2 Å². The van der Waals surface area contributed by atoms with Crippen LogP contribution in [0, 0.1) is 0 Å². The lowest BCUT2D eigenvalue weighted by molar-refractivity contribution is -0.111. The minimum atomic E-state index is -0.245. The number of aromatic amines is 1. The number of amides is 2. The fourth-order valence-electron chi connectivity index (χ4n) is 6.03. The van der Waals surface area contributed by atoms with Crippen LogP contribution in [0.15, 0.2) is 55.3 Å². The standard InChI is InChI=1S/C30H35N7O2/c1-3-27(38)34-25-16-20(5-6-26(25)37-13-11-36(2)12-14-37)23-15-21(7-10-32-23)24-17-22-28(35-24)30(19-33-29(22)39)8-4-9-31-18-30/h3,5-7,10,15-17,31,35H,1,4,8-9,11-14,18-19H2,2H3,(H,33,39)(H,34,38). The van der Waals surface area contributed by atoms with Crippen LogP contribution < -0.4 is 20.9 Å². The van der Waals surface area contributed by atoms with Crippen molar-refractivity contribution < 1.29 is 9.59 Å². The van der Waals surface area contributed by atoms with Crippen LogP contribution >= 0.6 is 0 Å². The Morgan fingerprint density at radius 3 is 2.72 bits per heavy atom. The number of nitrogens with zero attached hydrogens (tertiary/aromatic N) is 3. The van der Waals surface area contributed by atoms with Crippen molar-refractivity contribution in [3.63, 3.8) is 0 Å². The number of anilines is 2. The minimum absolute atomic E-state index is 0.0277. The number of piperazine rings is 1. The van der Waals surface area contributed by atoms with Gasteiger partial charge in [0.05, 0.1) is 22.6 Å². The molecule has 6 rings (SSSR count). The topological polar surface area (TPSA) is 105 Å². The van der Waals surface area contributed by atoms with Crippen molar-refractivity contribution in [2.75, 3.05) is 63.1 Å². The number of aromatic nitrogens is 2. The first-order valence-electron chi connectivity index (χ1n) is 13.7. The number of hydrogen-bond acceptors (Lipinski definition) is 6. The molecule has 3 aliphatic heterocycles. The van der Waals surface area contributed by atoms with Gasteiger partial charge in [-0.3, -0.25) is 14.6 Å². The highest BCUT2D eigenvalue weighted by Crippen LogP contribution is 2.38. The van der Waals surface area contributed by atoms with Crippen LogP contribution in [0.1, 0.15) is 28.9 Å². The molecule has 1 spiro atoms. The summed E-state index contributed by atoms with van der Waals surface area (Å²) < 4.78 is 0. The molecule has 0 saturated carbocycles. The van der Waals surface area contributed by atoms with E-state index in [9.17, 15) is 9.59 Å². The SMILES string of the molecule is C=CC(=O)Nc1cc(-c2cc(-c3cc4c([nH]3)C3(CCCNC3)CNC4=O)ccn2)ccc1N1CCN(C)CC1. The zero-order valence-corrected chi connectivity index (χ0v) is 22.3. The third-order valence-electron chi connectivity index (χ3n) is 8.30. The summed E-state index contributed by atoms with van der Waals surface area (Å²) in [7, 11) is 2.12. The Balaban J connectivity index is 1.34. The maximum Gasteiger partial charge on any atom is 0.253 e. The zero-order valence-electron chi connectivity index (χ0n) is 22.3. The number of H-pyrrole nitrogens is 1. The highest BCUT2D eigenvalue weighted by atomic mass is 16.2. The van der Waals surface area contributed by atoms with Gasteiger partial charge in [0.25, 0.3) is 5.91 Å². The Morgan fingerprint density at radius 1 is 1.10 bits per heavy atom. The predicted octanol–water partition coefficient (Wildman–Crippen LogP) is 2.98. The molecule has 1 unspecified atom stereocenters. The Bertz CT molecular complexity index is 1410. The molecule has 0 aliphatic carbocycles. The van der Waals surface area contributed by atoms with Gasteiger partial charge in [0.2, 0.25) is 5.91 Å². The summed E-state index contributed by atoms with van der Waals surface area (Å²) >= 11 is 0. The fourth-order valence-corrected chi connectivity index (χ4v) is 6.03. The quantitative estimate of drug-likeness (QED) is 0.382. The molecule has 39 heavy (non-hydrogen) atoms. The van der Waals surface area contributed by atoms with Gasteiger partial charge >= 0.3 is 0 Å². The molecule has 0 bridgehead atoms. The zero-order chi connectivity index (χ0) is 27.0. The van der Waals surface area contributed by atoms with Crippen LogP contribution in [0.2, 0.25) is 0 Å². The summed E-state index contributed by atoms with van der Waals surface area (Å²) in [6, 6.07) is 12.1. The van der Waals surface area contributed by atoms with Crippen molar-refractivity contribution in [3.05, 3.63) is 66.5 Å². The van der Waals surface area contributed by atoms with Gasteiger partial charge in [-0.05, 0) is 62.8 Å². The molecule has 1 atom stereocenters. The van der Waals surface area contributed by atoms with E-state index in [2.05, 4.69) is 61.5 Å². The highest BCUT2D eigenvalue weighted by molar-refractivity contribution is 6.02. The number of pyridine rings is 1. The number of fused-ring (bicyclic) bond motifs is 2. The molecule has 4 N–H and O–H groups in total. The van der Waals surface area contributed by atoms with E-state index in [0.29, 0.717) is 6.54 Å². The average molecular weight is 526 g/mol. The van der Waals surface area contributed by atoms with Gasteiger partial charge in [-0.2, -0.15) is 0 Å². The lowest BCUT2D eigenvalue weighted by Crippen LogP contribution is -2.54. The first kappa shape index (κ1) is 25.3. The lowest BCUT2D eigenvalue weighted by Gasteiger charge is -2.40. The molecule has 3 aliphatic rings. The molecule has 0 radical (unpaired) electrons. The largest absolute Gasteiger partial charge is 0.367 e. The second-order valence-electron chi connectivity index (χ2n) is 10.9. The van der Waals surface area contributed by atoms with Crippen molar-refractivity contribution in [1.82, 2.24) is 25.5 Å². The Kier molecular flexibility index (Phi) is 6.70. The van der Waals surface area contributed by atoms with E-state index in [1.54, 1.807) is 6.20 Å². The first-order chi connectivity index (χ1) is 19.0. The van der Waals surface area contributed by atoms with Gasteiger partial charge in [0.1, 0.15) is 0 Å². The molecule has 9 nitrogen and oxygen atoms in total. The van der Waals surface area contributed by atoms with Crippen LogP contribution in [0.4, 0.5) is 11.4 Å². The van der Waals surface area contributed by atoms with E-state index in [4.69, 9.17) is 0 Å². The Hall–Kier alpha value is -3.95. The fraction of sp³-hybridized carbons (Fsp3) is 0.367. The molecule has 1 aromatic carbocycles. The third-order valence-corrected chi connectivity index (χ3v) is 8.30. The number of likely N-dealkylation sites (N-methyl/N-ethyl adjacent to an activating group) is 1. The number of rotatable bonds is 5. The first-order valence-corrected chi connectivity index (χ1v) is 13.7. The number of hydrogen-bond donors (Lipinski definition) is 4. The van der Waals surface area contributed by atoms with Gasteiger partial charge < -0.3 is 30.7 Å². The van der Waals surface area contributed by atoms with Crippen LogP contribution in [-0.4, -0.2) is 79.5 Å². The molecule has 3 aromatic rings. The van der Waals surface area contributed by atoms with E-state index >= 15 is 0 Å². The van der Waals surface area contributed by atoms with Gasteiger partial charge in [0, 0.05) is 73.4 Å². The second kappa shape index (κ2) is 10.3. The van der Waals surface area contributed by atoms with Gasteiger partial charge in [-0.25, -0.2) is 0 Å². The minimum Gasteiger partial charge on any atom is -0.367 e. The lowest BCUT2D eigenvalue weighted by atomic mass is 9.74. The molecular formula is C30H35N7O2. The van der Waals surface area contributed by atoms with Crippen LogP contribution in [0.5, 0.6) is 0 Å². The maximum absolute atomic E-state index is 12.8. The van der Waals surface area contributed by atoms with Gasteiger partial charge in [-0.15, -0.1) is 0 Å². The van der Waals surface area contributed by atoms with E-state index < -0.39 is 0 Å². The van der Waals surface area contributed by atoms with Gasteiger partial charge in [-0.1, -0.05) is 12.6 Å². The smallest absolute Gasteiger partial charge is 0.253 e. The number of carbonyl (C=O) groups is 2. The Labute approximate surface area is 228 Å². The van der Waals surface area contributed by atoms with Gasteiger partial charge in [0.15, 0.2) is 0 Å². The number of nitrogens with one attached hydrogen (secondary N) is 4. The van der Waals surface area contributed by atoms with Crippen LogP contribution in [0.3, 0.4) is 0 Å². The van der Waals surface area contributed by atoms with E-state index in [1.165, 1.54) is 6.08 Å². The summed E-state index contributed by atoms with van der Waals surface area (Å²) in [6.45, 7) is 9.84.